The number of nitrogens with one attached hydrogen (secondary N) is 1. The van der Waals surface area contributed by atoms with Gasteiger partial charge in [0.1, 0.15) is 11.3 Å². The van der Waals surface area contributed by atoms with Crippen molar-refractivity contribution in [3.63, 3.8) is 0 Å². The van der Waals surface area contributed by atoms with Gasteiger partial charge < -0.3 is 9.84 Å². The molecule has 1 saturated carbocycles. The van der Waals surface area contributed by atoms with Crippen molar-refractivity contribution in [1.29, 1.82) is 0 Å². The van der Waals surface area contributed by atoms with Gasteiger partial charge in [-0.1, -0.05) is 28.7 Å². The van der Waals surface area contributed by atoms with Crippen LogP contribution in [0.5, 0.6) is 0 Å². The molecule has 2 aromatic heterocycles. The topological polar surface area (TPSA) is 119 Å². The molecular formula is C21H22ClF2N5O4. The van der Waals surface area contributed by atoms with E-state index in [-0.39, 0.29) is 28.8 Å². The van der Waals surface area contributed by atoms with Crippen LogP contribution in [0.25, 0.3) is 11.4 Å². The van der Waals surface area contributed by atoms with Crippen molar-refractivity contribution >= 4 is 29.5 Å². The van der Waals surface area contributed by atoms with Crippen LogP contribution in [0.2, 0.25) is 5.15 Å². The molecule has 1 aliphatic carbocycles. The Labute approximate surface area is 193 Å². The van der Waals surface area contributed by atoms with Gasteiger partial charge in [0.05, 0.1) is 17.7 Å². The minimum atomic E-state index is -2.98. The van der Waals surface area contributed by atoms with Gasteiger partial charge in [0.2, 0.25) is 5.92 Å². The van der Waals surface area contributed by atoms with Crippen LogP contribution in [0.1, 0.15) is 45.1 Å². The van der Waals surface area contributed by atoms with E-state index >= 15 is 0 Å². The van der Waals surface area contributed by atoms with Crippen molar-refractivity contribution in [3.8, 4) is 23.2 Å². The lowest BCUT2D eigenvalue weighted by Gasteiger charge is -2.17. The normalized spacial score (nSPS) is 15.2. The lowest BCUT2D eigenvalue weighted by molar-refractivity contribution is -0.137. The molecule has 2 aromatic rings. The van der Waals surface area contributed by atoms with Crippen LogP contribution in [0.15, 0.2) is 12.1 Å². The molecule has 1 amide bonds. The van der Waals surface area contributed by atoms with E-state index < -0.39 is 35.9 Å². The number of aliphatic carboxylic acids is 1. The van der Waals surface area contributed by atoms with E-state index in [1.807, 2.05) is 0 Å². The van der Waals surface area contributed by atoms with Crippen LogP contribution in [-0.2, 0) is 16.6 Å². The fourth-order valence-corrected chi connectivity index (χ4v) is 3.37. The molecule has 0 aromatic carbocycles. The van der Waals surface area contributed by atoms with Crippen molar-refractivity contribution in [2.24, 2.45) is 12.5 Å². The highest BCUT2D eigenvalue weighted by Crippen LogP contribution is 2.48. The van der Waals surface area contributed by atoms with Gasteiger partial charge in [0.25, 0.3) is 0 Å². The maximum atomic E-state index is 13.1. The second kappa shape index (κ2) is 9.31. The number of hydrogen-bond donors (Lipinski definition) is 2. The monoisotopic (exact) mass is 481 g/mol. The summed E-state index contributed by atoms with van der Waals surface area (Å²) in [6.45, 7) is 2.11. The zero-order valence-electron chi connectivity index (χ0n) is 18.2. The Balaban J connectivity index is 1.75. The Morgan fingerprint density at radius 2 is 2.12 bits per heavy atom. The maximum absolute atomic E-state index is 13.1. The number of aryl methyl sites for hydroxylation is 1. The van der Waals surface area contributed by atoms with Crippen molar-refractivity contribution in [1.82, 2.24) is 20.0 Å². The molecular weight excluding hydrogens is 460 g/mol. The summed E-state index contributed by atoms with van der Waals surface area (Å²) < 4.78 is 32.5. The zero-order valence-corrected chi connectivity index (χ0v) is 18.9. The highest BCUT2D eigenvalue weighted by Gasteiger charge is 2.43. The van der Waals surface area contributed by atoms with Gasteiger partial charge in [-0.05, 0) is 38.8 Å². The summed E-state index contributed by atoms with van der Waals surface area (Å²) >= 11 is 6.26. The number of carboxylic acid groups (broad SMARTS) is 1. The fourth-order valence-electron chi connectivity index (χ4n) is 3.17. The molecule has 0 saturated heterocycles. The minimum absolute atomic E-state index is 0.0254. The van der Waals surface area contributed by atoms with E-state index in [9.17, 15) is 18.4 Å². The van der Waals surface area contributed by atoms with E-state index in [1.165, 1.54) is 18.7 Å². The van der Waals surface area contributed by atoms with Gasteiger partial charge in [-0.3, -0.25) is 10.1 Å². The third-order valence-corrected chi connectivity index (χ3v) is 5.19. The number of carboxylic acids is 1. The van der Waals surface area contributed by atoms with Gasteiger partial charge in [-0.2, -0.15) is 0 Å². The first kappa shape index (κ1) is 24.4. The van der Waals surface area contributed by atoms with Gasteiger partial charge in [0.15, 0.2) is 11.5 Å². The number of rotatable bonds is 7. The van der Waals surface area contributed by atoms with E-state index in [1.54, 1.807) is 12.1 Å². The van der Waals surface area contributed by atoms with E-state index in [4.69, 9.17) is 21.4 Å². The summed E-state index contributed by atoms with van der Waals surface area (Å²) in [5, 5.41) is 19.3. The minimum Gasteiger partial charge on any atom is -0.481 e. The second-order valence-electron chi connectivity index (χ2n) is 8.16. The molecule has 33 heavy (non-hydrogen) atoms. The molecule has 176 valence electrons. The summed E-state index contributed by atoms with van der Waals surface area (Å²) in [6, 6.07) is 3.18. The molecule has 3 rings (SSSR count). The Morgan fingerprint density at radius 1 is 1.42 bits per heavy atom. The first-order valence-electron chi connectivity index (χ1n) is 10.0. The Bertz CT molecular complexity index is 1130. The average molecular weight is 482 g/mol. The number of amides is 1. The molecule has 2 heterocycles. The molecule has 0 aliphatic heterocycles. The summed E-state index contributed by atoms with van der Waals surface area (Å²) in [6.07, 6.45) is -1.17. The predicted octanol–water partition coefficient (Wildman–Crippen LogP) is 4.12. The van der Waals surface area contributed by atoms with E-state index in [2.05, 4.69) is 32.5 Å². The van der Waals surface area contributed by atoms with Gasteiger partial charge in [-0.25, -0.2) is 23.2 Å². The van der Waals surface area contributed by atoms with Gasteiger partial charge in [0, 0.05) is 18.9 Å². The largest absolute Gasteiger partial charge is 0.481 e. The number of carbonyl (C=O) groups is 2. The van der Waals surface area contributed by atoms with Crippen LogP contribution >= 0.6 is 11.6 Å². The molecule has 2 N–H and O–H groups in total. The van der Waals surface area contributed by atoms with Crippen molar-refractivity contribution in [3.05, 3.63) is 22.8 Å². The molecule has 0 spiro atoms. The van der Waals surface area contributed by atoms with Gasteiger partial charge >= 0.3 is 12.1 Å². The lowest BCUT2D eigenvalue weighted by atomic mass is 10.0. The van der Waals surface area contributed by atoms with Crippen LogP contribution < -0.4 is 5.32 Å². The van der Waals surface area contributed by atoms with E-state index in [0.29, 0.717) is 18.4 Å². The van der Waals surface area contributed by atoms with Crippen molar-refractivity contribution in [2.75, 3.05) is 5.32 Å². The highest BCUT2D eigenvalue weighted by atomic mass is 35.5. The highest BCUT2D eigenvalue weighted by molar-refractivity contribution is 6.30. The fraction of sp³-hybridized carbons (Fsp3) is 0.476. The molecule has 0 unspecified atom stereocenters. The zero-order chi connectivity index (χ0) is 24.4. The Kier molecular flexibility index (Phi) is 6.88. The molecule has 9 nitrogen and oxygen atoms in total. The number of nitrogens with zero attached hydrogens (tertiary/aromatic N) is 4. The second-order valence-corrected chi connectivity index (χ2v) is 8.52. The standard InChI is InChI=1S/C21H22ClF2N5O4/c1-12(10-20(2,23)24)33-19(32)26-18-16(27-28-29(18)3)14-5-4-13(17(22)25-14)6-7-21(8-9-21)11-15(30)31/h4-5,12H,8-11H2,1-3H3,(H,26,32)(H,30,31)/t12-/m1/s1. The lowest BCUT2D eigenvalue weighted by Crippen LogP contribution is -2.26. The Hall–Kier alpha value is -3.26. The molecule has 12 heteroatoms. The first-order chi connectivity index (χ1) is 15.4. The number of aromatic nitrogens is 4. The van der Waals surface area contributed by atoms with Crippen molar-refractivity contribution < 1.29 is 28.2 Å². The van der Waals surface area contributed by atoms with Gasteiger partial charge in [-0.15, -0.1) is 5.10 Å². The first-order valence-corrected chi connectivity index (χ1v) is 10.4. The number of halogens is 3. The molecule has 1 aliphatic rings. The number of alkyl halides is 2. The van der Waals surface area contributed by atoms with Crippen LogP contribution in [0.4, 0.5) is 19.4 Å². The van der Waals surface area contributed by atoms with Crippen molar-refractivity contribution in [2.45, 2.75) is 51.6 Å². The Morgan fingerprint density at radius 3 is 2.70 bits per heavy atom. The summed E-state index contributed by atoms with van der Waals surface area (Å²) in [4.78, 5) is 27.4. The number of anilines is 1. The van der Waals surface area contributed by atoms with Crippen LogP contribution in [0.3, 0.4) is 0 Å². The molecule has 1 atom stereocenters. The smallest absolute Gasteiger partial charge is 0.413 e. The number of pyridine rings is 1. The SMILES string of the molecule is C[C@H](CC(C)(F)F)OC(=O)Nc1c(-c2ccc(C#CC3(CC(=O)O)CC3)c(Cl)n2)nnn1C. The third-order valence-electron chi connectivity index (χ3n) is 4.90. The number of ether oxygens (including phenoxy) is 1. The third kappa shape index (κ3) is 6.61. The molecule has 1 fully saturated rings. The number of carbonyl (C=O) groups excluding carboxylic acids is 1. The summed E-state index contributed by atoms with van der Waals surface area (Å²) in [5.41, 5.74) is 0.376. The quantitative estimate of drug-likeness (QED) is 0.451. The summed E-state index contributed by atoms with van der Waals surface area (Å²) in [7, 11) is 1.52. The van der Waals surface area contributed by atoms with Crippen LogP contribution in [-0.4, -0.2) is 49.2 Å². The predicted molar refractivity (Wildman–Crippen MR) is 115 cm³/mol. The van der Waals surface area contributed by atoms with Crippen LogP contribution in [0, 0.1) is 17.3 Å². The summed E-state index contributed by atoms with van der Waals surface area (Å²) in [5.74, 6) is 2.13. The maximum Gasteiger partial charge on any atom is 0.413 e. The molecule has 0 radical (unpaired) electrons. The number of hydrogen-bond acceptors (Lipinski definition) is 6. The average Bonchev–Trinajstić information content (AvgIpc) is 3.33. The van der Waals surface area contributed by atoms with E-state index in [0.717, 1.165) is 6.92 Å². The molecule has 0 bridgehead atoms.